The summed E-state index contributed by atoms with van der Waals surface area (Å²) in [5, 5.41) is 2.89. The minimum atomic E-state index is -0.160. The van der Waals surface area contributed by atoms with Crippen molar-refractivity contribution in [2.75, 3.05) is 50.1 Å². The Labute approximate surface area is 168 Å². The van der Waals surface area contributed by atoms with E-state index in [1.165, 1.54) is 11.3 Å². The van der Waals surface area contributed by atoms with Crippen molar-refractivity contribution in [3.05, 3.63) is 54.1 Å². The molecule has 1 N–H and O–H groups in total. The van der Waals surface area contributed by atoms with E-state index in [1.807, 2.05) is 36.4 Å². The maximum Gasteiger partial charge on any atom is 0.262 e. The van der Waals surface area contributed by atoms with Crippen molar-refractivity contribution in [3.8, 4) is 5.75 Å². The second kappa shape index (κ2) is 8.65. The van der Waals surface area contributed by atoms with E-state index in [9.17, 15) is 4.79 Å². The van der Waals surface area contributed by atoms with Gasteiger partial charge in [-0.1, -0.05) is 32.9 Å². The van der Waals surface area contributed by atoms with Crippen LogP contribution in [0.4, 0.5) is 11.4 Å². The molecule has 1 aliphatic heterocycles. The zero-order valence-corrected chi connectivity index (χ0v) is 17.4. The third-order valence-corrected chi connectivity index (χ3v) is 5.11. The molecule has 5 nitrogen and oxygen atoms in total. The fourth-order valence-corrected chi connectivity index (χ4v) is 3.22. The summed E-state index contributed by atoms with van der Waals surface area (Å²) in [7, 11) is 2.15. The van der Waals surface area contributed by atoms with Crippen LogP contribution in [0.15, 0.2) is 48.5 Å². The van der Waals surface area contributed by atoms with Crippen LogP contribution in [0.5, 0.6) is 5.75 Å². The van der Waals surface area contributed by atoms with Gasteiger partial charge < -0.3 is 19.9 Å². The van der Waals surface area contributed by atoms with Gasteiger partial charge in [0, 0.05) is 37.6 Å². The number of hydrogen-bond donors (Lipinski definition) is 1. The Morgan fingerprint density at radius 3 is 2.14 bits per heavy atom. The molecule has 150 valence electrons. The fourth-order valence-electron chi connectivity index (χ4n) is 3.22. The molecule has 0 saturated carbocycles. The minimum Gasteiger partial charge on any atom is -0.484 e. The van der Waals surface area contributed by atoms with E-state index in [0.717, 1.165) is 31.9 Å². The number of carbonyl (C=O) groups is 1. The monoisotopic (exact) mass is 381 g/mol. The van der Waals surface area contributed by atoms with Gasteiger partial charge in [0.2, 0.25) is 0 Å². The van der Waals surface area contributed by atoms with Crippen LogP contribution in [0.2, 0.25) is 0 Å². The van der Waals surface area contributed by atoms with Crippen LogP contribution < -0.4 is 15.0 Å². The van der Waals surface area contributed by atoms with Gasteiger partial charge in [0.15, 0.2) is 6.61 Å². The minimum absolute atomic E-state index is 0.00489. The predicted molar refractivity (Wildman–Crippen MR) is 115 cm³/mol. The first-order valence-electron chi connectivity index (χ1n) is 9.88. The molecular weight excluding hydrogens is 350 g/mol. The lowest BCUT2D eigenvalue weighted by Gasteiger charge is -2.34. The maximum atomic E-state index is 12.2. The number of benzene rings is 2. The Morgan fingerprint density at radius 2 is 1.57 bits per heavy atom. The number of piperazine rings is 1. The summed E-state index contributed by atoms with van der Waals surface area (Å²) in [6, 6.07) is 15.9. The summed E-state index contributed by atoms with van der Waals surface area (Å²) in [6.45, 7) is 10.7. The Balaban J connectivity index is 1.48. The second-order valence-corrected chi connectivity index (χ2v) is 8.45. The lowest BCUT2D eigenvalue weighted by atomic mass is 9.87. The molecule has 0 radical (unpaired) electrons. The number of nitrogens with zero attached hydrogens (tertiary/aromatic N) is 2. The average Bonchev–Trinajstić information content (AvgIpc) is 2.67. The standard InChI is InChI=1S/C23H31N3O2/c1-23(2,3)18-5-11-21(12-6-18)28-17-22(27)24-19-7-9-20(10-8-19)26-15-13-25(4)14-16-26/h5-12H,13-17H2,1-4H3,(H,24,27). The number of carbonyl (C=O) groups excluding carboxylic acids is 1. The Bertz CT molecular complexity index is 771. The quantitative estimate of drug-likeness (QED) is 0.857. The first-order chi connectivity index (χ1) is 13.3. The van der Waals surface area contributed by atoms with Crippen molar-refractivity contribution in [1.29, 1.82) is 0 Å². The number of anilines is 2. The van der Waals surface area contributed by atoms with Crippen LogP contribution in [0, 0.1) is 0 Å². The van der Waals surface area contributed by atoms with Gasteiger partial charge in [-0.15, -0.1) is 0 Å². The van der Waals surface area contributed by atoms with Crippen molar-refractivity contribution in [2.45, 2.75) is 26.2 Å². The highest BCUT2D eigenvalue weighted by Gasteiger charge is 2.15. The van der Waals surface area contributed by atoms with E-state index in [1.54, 1.807) is 0 Å². The summed E-state index contributed by atoms with van der Waals surface area (Å²) >= 11 is 0. The van der Waals surface area contributed by atoms with Gasteiger partial charge >= 0.3 is 0 Å². The molecule has 3 rings (SSSR count). The summed E-state index contributed by atoms with van der Waals surface area (Å²) in [5.74, 6) is 0.542. The van der Waals surface area contributed by atoms with E-state index in [-0.39, 0.29) is 17.9 Å². The molecule has 28 heavy (non-hydrogen) atoms. The smallest absolute Gasteiger partial charge is 0.262 e. The molecule has 2 aromatic carbocycles. The number of nitrogens with one attached hydrogen (secondary N) is 1. The summed E-state index contributed by atoms with van der Waals surface area (Å²) in [6.07, 6.45) is 0. The summed E-state index contributed by atoms with van der Waals surface area (Å²) in [5.41, 5.74) is 3.33. The average molecular weight is 382 g/mol. The number of hydrogen-bond acceptors (Lipinski definition) is 4. The highest BCUT2D eigenvalue weighted by atomic mass is 16.5. The lowest BCUT2D eigenvalue weighted by Crippen LogP contribution is -2.44. The topological polar surface area (TPSA) is 44.8 Å². The molecule has 5 heteroatoms. The molecule has 2 aromatic rings. The SMILES string of the molecule is CN1CCN(c2ccc(NC(=O)COc3ccc(C(C)(C)C)cc3)cc2)CC1. The molecule has 1 heterocycles. The molecule has 1 fully saturated rings. The van der Waals surface area contributed by atoms with Crippen LogP contribution in [0.3, 0.4) is 0 Å². The normalized spacial score (nSPS) is 15.4. The zero-order chi connectivity index (χ0) is 20.1. The van der Waals surface area contributed by atoms with Crippen molar-refractivity contribution in [2.24, 2.45) is 0 Å². The molecule has 1 aliphatic rings. The van der Waals surface area contributed by atoms with Gasteiger partial charge in [-0.2, -0.15) is 0 Å². The van der Waals surface area contributed by atoms with Gasteiger partial charge in [-0.05, 0) is 54.4 Å². The van der Waals surface area contributed by atoms with E-state index < -0.39 is 0 Å². The number of ether oxygens (including phenoxy) is 1. The van der Waals surface area contributed by atoms with Gasteiger partial charge in [0.25, 0.3) is 5.91 Å². The summed E-state index contributed by atoms with van der Waals surface area (Å²) in [4.78, 5) is 16.9. The van der Waals surface area contributed by atoms with Crippen molar-refractivity contribution >= 4 is 17.3 Å². The molecule has 0 atom stereocenters. The molecule has 0 unspecified atom stereocenters. The highest BCUT2D eigenvalue weighted by molar-refractivity contribution is 5.92. The Hall–Kier alpha value is -2.53. The van der Waals surface area contributed by atoms with Crippen LogP contribution in [-0.4, -0.2) is 50.6 Å². The van der Waals surface area contributed by atoms with Crippen LogP contribution in [0.1, 0.15) is 26.3 Å². The molecule has 0 bridgehead atoms. The lowest BCUT2D eigenvalue weighted by molar-refractivity contribution is -0.118. The molecule has 0 aliphatic carbocycles. The van der Waals surface area contributed by atoms with Gasteiger partial charge in [0.05, 0.1) is 0 Å². The largest absolute Gasteiger partial charge is 0.484 e. The highest BCUT2D eigenvalue weighted by Crippen LogP contribution is 2.24. The number of amides is 1. The summed E-state index contributed by atoms with van der Waals surface area (Å²) < 4.78 is 5.61. The Morgan fingerprint density at radius 1 is 0.964 bits per heavy atom. The van der Waals surface area contributed by atoms with E-state index >= 15 is 0 Å². The fraction of sp³-hybridized carbons (Fsp3) is 0.435. The predicted octanol–water partition coefficient (Wildman–Crippen LogP) is 3.75. The van der Waals surface area contributed by atoms with E-state index in [0.29, 0.717) is 5.75 Å². The maximum absolute atomic E-state index is 12.2. The molecule has 0 aromatic heterocycles. The van der Waals surface area contributed by atoms with Gasteiger partial charge in [-0.3, -0.25) is 4.79 Å². The molecule has 1 saturated heterocycles. The first kappa shape index (κ1) is 20.2. The van der Waals surface area contributed by atoms with Crippen molar-refractivity contribution in [1.82, 2.24) is 4.90 Å². The third kappa shape index (κ3) is 5.49. The van der Waals surface area contributed by atoms with E-state index in [2.05, 4.69) is 55.1 Å². The van der Waals surface area contributed by atoms with Gasteiger partial charge in [-0.25, -0.2) is 0 Å². The van der Waals surface area contributed by atoms with Crippen molar-refractivity contribution in [3.63, 3.8) is 0 Å². The van der Waals surface area contributed by atoms with Crippen LogP contribution in [0.25, 0.3) is 0 Å². The Kier molecular flexibility index (Phi) is 6.25. The number of likely N-dealkylation sites (N-methyl/N-ethyl adjacent to an activating group) is 1. The zero-order valence-electron chi connectivity index (χ0n) is 17.4. The van der Waals surface area contributed by atoms with Crippen LogP contribution >= 0.6 is 0 Å². The molecular formula is C23H31N3O2. The first-order valence-corrected chi connectivity index (χ1v) is 9.88. The molecule has 0 spiro atoms. The van der Waals surface area contributed by atoms with Crippen LogP contribution in [-0.2, 0) is 10.2 Å². The third-order valence-electron chi connectivity index (χ3n) is 5.11. The van der Waals surface area contributed by atoms with Gasteiger partial charge in [0.1, 0.15) is 5.75 Å². The molecule has 1 amide bonds. The van der Waals surface area contributed by atoms with E-state index in [4.69, 9.17) is 4.74 Å². The number of rotatable bonds is 5. The second-order valence-electron chi connectivity index (χ2n) is 8.45. The van der Waals surface area contributed by atoms with Crippen molar-refractivity contribution < 1.29 is 9.53 Å².